The van der Waals surface area contributed by atoms with Gasteiger partial charge < -0.3 is 9.88 Å². The van der Waals surface area contributed by atoms with Gasteiger partial charge in [-0.1, -0.05) is 18.1 Å². The number of aryl methyl sites for hydroxylation is 1. The van der Waals surface area contributed by atoms with E-state index in [-0.39, 0.29) is 0 Å². The van der Waals surface area contributed by atoms with Crippen molar-refractivity contribution in [1.82, 2.24) is 9.55 Å². The highest BCUT2D eigenvalue weighted by atomic mass is 15.2. The maximum atomic E-state index is 5.45. The second-order valence-corrected chi connectivity index (χ2v) is 4.38. The monoisotopic (exact) mass is 213 g/mol. The molecule has 1 heterocycles. The standard InChI is InChI=1S/C13H15N3/c1-5-13(2,3)15-12-14-10-8-6-7-9-11(10)16(12)4/h1,6-9H,2-4H3,(H,14,15). The number of anilines is 1. The number of nitrogens with zero attached hydrogens (tertiary/aromatic N) is 2. The molecule has 16 heavy (non-hydrogen) atoms. The van der Waals surface area contributed by atoms with Gasteiger partial charge in [0.25, 0.3) is 0 Å². The van der Waals surface area contributed by atoms with Crippen LogP contribution in [0, 0.1) is 12.3 Å². The van der Waals surface area contributed by atoms with E-state index in [0.717, 1.165) is 17.0 Å². The van der Waals surface area contributed by atoms with Gasteiger partial charge in [-0.3, -0.25) is 0 Å². The lowest BCUT2D eigenvalue weighted by molar-refractivity contribution is 0.719. The lowest BCUT2D eigenvalue weighted by Gasteiger charge is -2.20. The molecule has 0 saturated heterocycles. The fourth-order valence-electron chi connectivity index (χ4n) is 1.57. The van der Waals surface area contributed by atoms with E-state index in [1.165, 1.54) is 0 Å². The summed E-state index contributed by atoms with van der Waals surface area (Å²) in [4.78, 5) is 4.50. The van der Waals surface area contributed by atoms with Crippen molar-refractivity contribution in [3.05, 3.63) is 24.3 Å². The number of imidazole rings is 1. The minimum absolute atomic E-state index is 0.394. The number of nitrogens with one attached hydrogen (secondary N) is 1. The van der Waals surface area contributed by atoms with E-state index < -0.39 is 5.54 Å². The minimum atomic E-state index is -0.394. The van der Waals surface area contributed by atoms with Gasteiger partial charge in [-0.15, -0.1) is 6.42 Å². The van der Waals surface area contributed by atoms with Crippen LogP contribution < -0.4 is 5.32 Å². The van der Waals surface area contributed by atoms with E-state index in [1.54, 1.807) is 0 Å². The van der Waals surface area contributed by atoms with Crippen LogP contribution in [0.5, 0.6) is 0 Å². The van der Waals surface area contributed by atoms with Gasteiger partial charge >= 0.3 is 0 Å². The summed E-state index contributed by atoms with van der Waals surface area (Å²) < 4.78 is 2.01. The predicted molar refractivity (Wildman–Crippen MR) is 67.2 cm³/mol. The lowest BCUT2D eigenvalue weighted by Crippen LogP contribution is -2.29. The summed E-state index contributed by atoms with van der Waals surface area (Å²) in [6.07, 6.45) is 5.45. The summed E-state index contributed by atoms with van der Waals surface area (Å²) in [6, 6.07) is 8.01. The SMILES string of the molecule is C#CC(C)(C)Nc1nc2ccccc2n1C. The molecule has 0 spiro atoms. The summed E-state index contributed by atoms with van der Waals surface area (Å²) in [5, 5.41) is 3.24. The number of hydrogen-bond acceptors (Lipinski definition) is 2. The number of hydrogen-bond donors (Lipinski definition) is 1. The molecule has 3 nitrogen and oxygen atoms in total. The van der Waals surface area contributed by atoms with Crippen molar-refractivity contribution >= 4 is 17.0 Å². The van der Waals surface area contributed by atoms with Crippen LogP contribution in [-0.4, -0.2) is 15.1 Å². The molecule has 0 aliphatic heterocycles. The van der Waals surface area contributed by atoms with E-state index in [4.69, 9.17) is 6.42 Å². The Labute approximate surface area is 95.5 Å². The number of para-hydroxylation sites is 2. The summed E-state index contributed by atoms with van der Waals surface area (Å²) in [5.74, 6) is 3.49. The molecule has 0 unspecified atom stereocenters. The molecule has 2 rings (SSSR count). The third kappa shape index (κ3) is 1.74. The molecule has 0 saturated carbocycles. The molecular formula is C13H15N3. The highest BCUT2D eigenvalue weighted by Gasteiger charge is 2.16. The molecule has 0 aliphatic carbocycles. The van der Waals surface area contributed by atoms with Crippen molar-refractivity contribution in [2.75, 3.05) is 5.32 Å². The maximum Gasteiger partial charge on any atom is 0.204 e. The van der Waals surface area contributed by atoms with Crippen molar-refractivity contribution in [2.24, 2.45) is 7.05 Å². The minimum Gasteiger partial charge on any atom is -0.340 e. The van der Waals surface area contributed by atoms with E-state index in [9.17, 15) is 0 Å². The predicted octanol–water partition coefficient (Wildman–Crippen LogP) is 2.40. The van der Waals surface area contributed by atoms with Crippen molar-refractivity contribution in [2.45, 2.75) is 19.4 Å². The number of terminal acetylenes is 1. The molecule has 2 aromatic rings. The van der Waals surface area contributed by atoms with Crippen molar-refractivity contribution < 1.29 is 0 Å². The van der Waals surface area contributed by atoms with Crippen LogP contribution in [0.2, 0.25) is 0 Å². The second-order valence-electron chi connectivity index (χ2n) is 4.38. The number of fused-ring (bicyclic) bond motifs is 1. The number of benzene rings is 1. The second kappa shape index (κ2) is 3.57. The molecule has 0 bridgehead atoms. The Morgan fingerprint density at radius 3 is 2.69 bits per heavy atom. The first-order valence-electron chi connectivity index (χ1n) is 5.21. The lowest BCUT2D eigenvalue weighted by atomic mass is 10.1. The largest absolute Gasteiger partial charge is 0.340 e. The van der Waals surface area contributed by atoms with Gasteiger partial charge in [0.2, 0.25) is 5.95 Å². The van der Waals surface area contributed by atoms with Gasteiger partial charge in [0.15, 0.2) is 0 Å². The molecule has 1 N–H and O–H groups in total. The molecule has 1 aromatic carbocycles. The Hall–Kier alpha value is -1.95. The highest BCUT2D eigenvalue weighted by molar-refractivity contribution is 5.78. The first-order chi connectivity index (χ1) is 7.53. The van der Waals surface area contributed by atoms with Gasteiger partial charge in [0, 0.05) is 7.05 Å². The third-order valence-electron chi connectivity index (χ3n) is 2.57. The Morgan fingerprint density at radius 1 is 1.38 bits per heavy atom. The van der Waals surface area contributed by atoms with E-state index in [0.29, 0.717) is 0 Å². The molecule has 1 aromatic heterocycles. The normalized spacial score (nSPS) is 11.4. The first-order valence-corrected chi connectivity index (χ1v) is 5.21. The van der Waals surface area contributed by atoms with Crippen molar-refractivity contribution in [1.29, 1.82) is 0 Å². The summed E-state index contributed by atoms with van der Waals surface area (Å²) in [6.45, 7) is 3.90. The topological polar surface area (TPSA) is 29.9 Å². The zero-order valence-corrected chi connectivity index (χ0v) is 9.78. The van der Waals surface area contributed by atoms with Gasteiger partial charge in [-0.05, 0) is 26.0 Å². The summed E-state index contributed by atoms with van der Waals surface area (Å²) >= 11 is 0. The molecule has 0 radical (unpaired) electrons. The zero-order valence-electron chi connectivity index (χ0n) is 9.78. The zero-order chi connectivity index (χ0) is 11.8. The quantitative estimate of drug-likeness (QED) is 0.776. The van der Waals surface area contributed by atoms with Gasteiger partial charge in [-0.25, -0.2) is 4.98 Å². The van der Waals surface area contributed by atoms with E-state index in [2.05, 4.69) is 16.2 Å². The Morgan fingerprint density at radius 2 is 2.06 bits per heavy atom. The van der Waals surface area contributed by atoms with Crippen LogP contribution >= 0.6 is 0 Å². The van der Waals surface area contributed by atoms with Crippen LogP contribution in [0.4, 0.5) is 5.95 Å². The van der Waals surface area contributed by atoms with E-state index in [1.807, 2.05) is 49.7 Å². The molecular weight excluding hydrogens is 198 g/mol. The third-order valence-corrected chi connectivity index (χ3v) is 2.57. The van der Waals surface area contributed by atoms with Crippen LogP contribution in [0.3, 0.4) is 0 Å². The molecule has 0 amide bonds. The smallest absolute Gasteiger partial charge is 0.204 e. The fourth-order valence-corrected chi connectivity index (χ4v) is 1.57. The van der Waals surface area contributed by atoms with Crippen LogP contribution in [0.1, 0.15) is 13.8 Å². The first kappa shape index (κ1) is 10.6. The highest BCUT2D eigenvalue weighted by Crippen LogP contribution is 2.20. The molecule has 0 fully saturated rings. The average molecular weight is 213 g/mol. The van der Waals surface area contributed by atoms with Gasteiger partial charge in [0.1, 0.15) is 0 Å². The molecule has 82 valence electrons. The van der Waals surface area contributed by atoms with Crippen LogP contribution in [0.15, 0.2) is 24.3 Å². The Kier molecular flexibility index (Phi) is 2.35. The van der Waals surface area contributed by atoms with Crippen molar-refractivity contribution in [3.63, 3.8) is 0 Å². The van der Waals surface area contributed by atoms with Crippen LogP contribution in [0.25, 0.3) is 11.0 Å². The fraction of sp³-hybridized carbons (Fsp3) is 0.308. The van der Waals surface area contributed by atoms with Gasteiger partial charge in [0.05, 0.1) is 16.6 Å². The van der Waals surface area contributed by atoms with E-state index >= 15 is 0 Å². The molecule has 0 aliphatic rings. The Bertz CT molecular complexity index is 558. The number of aromatic nitrogens is 2. The molecule has 0 atom stereocenters. The molecule has 3 heteroatoms. The van der Waals surface area contributed by atoms with Gasteiger partial charge in [-0.2, -0.15) is 0 Å². The summed E-state index contributed by atoms with van der Waals surface area (Å²) in [7, 11) is 1.98. The maximum absolute atomic E-state index is 5.45. The van der Waals surface area contributed by atoms with Crippen LogP contribution in [-0.2, 0) is 7.05 Å². The summed E-state index contributed by atoms with van der Waals surface area (Å²) in [5.41, 5.74) is 1.67. The van der Waals surface area contributed by atoms with Crippen molar-refractivity contribution in [3.8, 4) is 12.3 Å². The average Bonchev–Trinajstić information content (AvgIpc) is 2.56. The number of rotatable bonds is 2. The Balaban J connectivity index is 2.47.